The van der Waals surface area contributed by atoms with Crippen molar-refractivity contribution >= 4 is 45.1 Å². The highest BCUT2D eigenvalue weighted by molar-refractivity contribution is 9.10. The van der Waals surface area contributed by atoms with Gasteiger partial charge in [-0.1, -0.05) is 50.1 Å². The van der Waals surface area contributed by atoms with Gasteiger partial charge in [0, 0.05) is 15.6 Å². The van der Waals surface area contributed by atoms with Gasteiger partial charge >= 0.3 is 0 Å². The molecule has 1 unspecified atom stereocenters. The third-order valence-electron chi connectivity index (χ3n) is 2.17. The highest BCUT2D eigenvalue weighted by Crippen LogP contribution is 2.17. The fraction of sp³-hybridized carbons (Fsp3) is 0. The van der Waals surface area contributed by atoms with Crippen molar-refractivity contribution in [2.24, 2.45) is 4.40 Å². The Morgan fingerprint density at radius 2 is 1.89 bits per heavy atom. The first-order chi connectivity index (χ1) is 8.65. The molecule has 0 N–H and O–H groups in total. The predicted octanol–water partition coefficient (Wildman–Crippen LogP) is 4.24. The number of nitrogens with zero attached hydrogens (tertiary/aromatic N) is 1. The van der Waals surface area contributed by atoms with Gasteiger partial charge in [-0.2, -0.15) is 0 Å². The molecule has 0 fully saturated rings. The predicted molar refractivity (Wildman–Crippen MR) is 79.6 cm³/mol. The topological polar surface area (TPSA) is 35.4 Å². The van der Waals surface area contributed by atoms with Crippen LogP contribution in [0.1, 0.15) is 5.56 Å². The second-order valence-corrected chi connectivity index (χ2v) is 6.03. The molecule has 0 spiro atoms. The van der Waals surface area contributed by atoms with Crippen molar-refractivity contribution in [1.29, 1.82) is 0 Å². The Kier molecular flexibility index (Phi) is 4.83. The molecule has 0 bridgehead atoms. The van der Waals surface area contributed by atoms with E-state index in [4.69, 9.17) is 11.6 Å². The Hall–Kier alpha value is -0.810. The van der Waals surface area contributed by atoms with Gasteiger partial charge in [-0.3, -0.25) is 0 Å². The molecule has 0 heterocycles. The van der Waals surface area contributed by atoms with E-state index < -0.39 is 11.4 Å². The van der Waals surface area contributed by atoms with Gasteiger partial charge in [0.15, 0.2) is 4.90 Å². The van der Waals surface area contributed by atoms with Crippen LogP contribution in [0.3, 0.4) is 0 Å². The smallest absolute Gasteiger partial charge is 0.183 e. The van der Waals surface area contributed by atoms with Crippen LogP contribution in [-0.2, 0) is 11.4 Å². The van der Waals surface area contributed by atoms with Gasteiger partial charge in [0.2, 0.25) is 0 Å². The molecule has 0 radical (unpaired) electrons. The molecule has 0 aliphatic heterocycles. The van der Waals surface area contributed by atoms with E-state index in [1.807, 2.05) is 24.3 Å². The lowest BCUT2D eigenvalue weighted by atomic mass is 10.2. The highest BCUT2D eigenvalue weighted by atomic mass is 79.9. The third kappa shape index (κ3) is 3.85. The zero-order valence-electron chi connectivity index (χ0n) is 9.22. The third-order valence-corrected chi connectivity index (χ3v) is 3.88. The first-order valence-electron chi connectivity index (χ1n) is 5.12. The summed E-state index contributed by atoms with van der Waals surface area (Å²) in [5.74, 6) is 0. The molecule has 0 aliphatic carbocycles. The van der Waals surface area contributed by atoms with Crippen LogP contribution >= 0.6 is 27.5 Å². The van der Waals surface area contributed by atoms with Crippen molar-refractivity contribution in [3.63, 3.8) is 0 Å². The average molecular weight is 343 g/mol. The van der Waals surface area contributed by atoms with Gasteiger partial charge in [0.25, 0.3) is 0 Å². The zero-order valence-corrected chi connectivity index (χ0v) is 12.4. The summed E-state index contributed by atoms with van der Waals surface area (Å²) in [6.07, 6.45) is 1.59. The van der Waals surface area contributed by atoms with Crippen molar-refractivity contribution < 1.29 is 4.55 Å². The zero-order chi connectivity index (χ0) is 13.0. The molecule has 2 aromatic carbocycles. The van der Waals surface area contributed by atoms with E-state index >= 15 is 0 Å². The fourth-order valence-corrected chi connectivity index (χ4v) is 2.58. The largest absolute Gasteiger partial charge is 0.586 e. The molecular formula is C13H9BrClNOS. The van der Waals surface area contributed by atoms with Crippen LogP contribution in [0.25, 0.3) is 0 Å². The molecule has 18 heavy (non-hydrogen) atoms. The Balaban J connectivity index is 2.11. The summed E-state index contributed by atoms with van der Waals surface area (Å²) in [7, 11) is 0. The lowest BCUT2D eigenvalue weighted by molar-refractivity contribution is 0.597. The lowest BCUT2D eigenvalue weighted by Gasteiger charge is -2.02. The molecular weight excluding hydrogens is 334 g/mol. The molecule has 92 valence electrons. The van der Waals surface area contributed by atoms with Crippen LogP contribution < -0.4 is 0 Å². The van der Waals surface area contributed by atoms with Gasteiger partial charge < -0.3 is 4.55 Å². The van der Waals surface area contributed by atoms with E-state index in [0.29, 0.717) is 9.92 Å². The van der Waals surface area contributed by atoms with Crippen LogP contribution in [0.4, 0.5) is 0 Å². The van der Waals surface area contributed by atoms with Gasteiger partial charge in [0.05, 0.1) is 6.21 Å². The molecule has 0 aliphatic rings. The van der Waals surface area contributed by atoms with Crippen LogP contribution in [0, 0.1) is 0 Å². The van der Waals surface area contributed by atoms with Crippen molar-refractivity contribution in [3.8, 4) is 0 Å². The maximum atomic E-state index is 11.9. The SMILES string of the molecule is [O-][S+](/N=C/c1ccc(Br)cc1)c1cccc(Cl)c1. The molecule has 1 atom stereocenters. The van der Waals surface area contributed by atoms with Gasteiger partial charge in [-0.25, -0.2) is 0 Å². The fourth-order valence-electron chi connectivity index (χ4n) is 1.29. The van der Waals surface area contributed by atoms with Crippen LogP contribution in [0.15, 0.2) is 62.3 Å². The standard InChI is InChI=1S/C13H9BrClNOS/c14-11-6-4-10(5-7-11)9-16-18(17)13-3-1-2-12(15)8-13/h1-9H/b16-9+. The van der Waals surface area contributed by atoms with Crippen LogP contribution in [0.2, 0.25) is 5.02 Å². The molecule has 2 aromatic rings. The van der Waals surface area contributed by atoms with Gasteiger partial charge in [0.1, 0.15) is 11.4 Å². The van der Waals surface area contributed by atoms with Crippen molar-refractivity contribution in [2.45, 2.75) is 4.90 Å². The monoisotopic (exact) mass is 341 g/mol. The van der Waals surface area contributed by atoms with E-state index in [0.717, 1.165) is 10.0 Å². The highest BCUT2D eigenvalue weighted by Gasteiger charge is 2.09. The minimum absolute atomic E-state index is 0.555. The summed E-state index contributed by atoms with van der Waals surface area (Å²) in [5.41, 5.74) is 0.897. The molecule has 0 saturated heterocycles. The second kappa shape index (κ2) is 6.38. The van der Waals surface area contributed by atoms with E-state index in [2.05, 4.69) is 20.3 Å². The molecule has 2 rings (SSSR count). The van der Waals surface area contributed by atoms with E-state index in [1.165, 1.54) is 0 Å². The van der Waals surface area contributed by atoms with Crippen molar-refractivity contribution in [3.05, 3.63) is 63.6 Å². The summed E-state index contributed by atoms with van der Waals surface area (Å²) >= 11 is 7.76. The van der Waals surface area contributed by atoms with E-state index in [1.54, 1.807) is 30.5 Å². The summed E-state index contributed by atoms with van der Waals surface area (Å²) in [6, 6.07) is 14.5. The number of halogens is 2. The first-order valence-corrected chi connectivity index (χ1v) is 7.40. The summed E-state index contributed by atoms with van der Waals surface area (Å²) in [6.45, 7) is 0. The van der Waals surface area contributed by atoms with E-state index in [-0.39, 0.29) is 0 Å². The number of hydrogen-bond donors (Lipinski definition) is 0. The summed E-state index contributed by atoms with van der Waals surface area (Å²) < 4.78 is 16.9. The van der Waals surface area contributed by atoms with Crippen molar-refractivity contribution in [2.75, 3.05) is 0 Å². The number of rotatable bonds is 3. The molecule has 2 nitrogen and oxygen atoms in total. The number of hydrogen-bond acceptors (Lipinski definition) is 2. The van der Waals surface area contributed by atoms with Crippen LogP contribution in [0.5, 0.6) is 0 Å². The maximum absolute atomic E-state index is 11.9. The summed E-state index contributed by atoms with van der Waals surface area (Å²) in [4.78, 5) is 0.593. The molecule has 0 saturated carbocycles. The average Bonchev–Trinajstić information content (AvgIpc) is 2.38. The van der Waals surface area contributed by atoms with Gasteiger partial charge in [-0.15, -0.1) is 0 Å². The minimum atomic E-state index is -1.43. The van der Waals surface area contributed by atoms with Crippen molar-refractivity contribution in [1.82, 2.24) is 0 Å². The van der Waals surface area contributed by atoms with E-state index in [9.17, 15) is 4.55 Å². The normalized spacial score (nSPS) is 12.8. The molecule has 0 aromatic heterocycles. The molecule has 5 heteroatoms. The molecule has 0 amide bonds. The quantitative estimate of drug-likeness (QED) is 0.607. The Bertz CT molecular complexity index is 559. The Morgan fingerprint density at radius 1 is 1.17 bits per heavy atom. The summed E-state index contributed by atoms with van der Waals surface area (Å²) in [5, 5.41) is 0.555. The maximum Gasteiger partial charge on any atom is 0.183 e. The first kappa shape index (κ1) is 13.6. The minimum Gasteiger partial charge on any atom is -0.586 e. The van der Waals surface area contributed by atoms with Crippen LogP contribution in [-0.4, -0.2) is 10.8 Å². The second-order valence-electron chi connectivity index (χ2n) is 3.49. The lowest BCUT2D eigenvalue weighted by Crippen LogP contribution is -1.97. The Morgan fingerprint density at radius 3 is 2.56 bits per heavy atom. The number of benzene rings is 2. The Labute approximate surface area is 122 Å². The van der Waals surface area contributed by atoms with Gasteiger partial charge in [-0.05, 0) is 29.8 Å².